The number of rotatable bonds is 7. The van der Waals surface area contributed by atoms with Gasteiger partial charge in [-0.1, -0.05) is 36.4 Å². The second-order valence-corrected chi connectivity index (χ2v) is 6.49. The van der Waals surface area contributed by atoms with Crippen LogP contribution in [0, 0.1) is 5.82 Å². The Kier molecular flexibility index (Phi) is 8.21. The Morgan fingerprint density at radius 2 is 1.87 bits per heavy atom. The predicted octanol–water partition coefficient (Wildman–Crippen LogP) is 4.45. The fourth-order valence-electron chi connectivity index (χ4n) is 3.09. The summed E-state index contributed by atoms with van der Waals surface area (Å²) in [4.78, 5) is 12.8. The molecule has 4 N–H and O–H groups in total. The minimum atomic E-state index is -0.466. The van der Waals surface area contributed by atoms with Gasteiger partial charge in [0.15, 0.2) is 11.6 Å². The lowest BCUT2D eigenvalue weighted by molar-refractivity contribution is 0.0937. The Labute approximate surface area is 181 Å². The lowest BCUT2D eigenvalue weighted by atomic mass is 10.0. The van der Waals surface area contributed by atoms with Crippen LogP contribution in [0.2, 0.25) is 0 Å². The van der Waals surface area contributed by atoms with E-state index in [1.807, 2.05) is 0 Å². The second kappa shape index (κ2) is 10.6. The van der Waals surface area contributed by atoms with Gasteiger partial charge in [-0.05, 0) is 48.4 Å². The molecule has 30 heavy (non-hydrogen) atoms. The number of nitrogens with two attached hydrogens (primary N) is 1. The van der Waals surface area contributed by atoms with Gasteiger partial charge in [0.25, 0.3) is 5.91 Å². The molecule has 0 aliphatic carbocycles. The minimum Gasteiger partial charge on any atom is -0.508 e. The number of amides is 1. The van der Waals surface area contributed by atoms with Crippen molar-refractivity contribution in [2.45, 2.75) is 13.0 Å². The highest BCUT2D eigenvalue weighted by atomic mass is 35.5. The third-order valence-electron chi connectivity index (χ3n) is 4.51. The number of ether oxygens (including phenoxy) is 1. The van der Waals surface area contributed by atoms with Gasteiger partial charge in [-0.15, -0.1) is 12.4 Å². The van der Waals surface area contributed by atoms with E-state index in [1.165, 1.54) is 0 Å². The molecule has 0 saturated heterocycles. The summed E-state index contributed by atoms with van der Waals surface area (Å²) < 4.78 is 20.0. The summed E-state index contributed by atoms with van der Waals surface area (Å²) in [6.45, 7) is 2.32. The van der Waals surface area contributed by atoms with Crippen LogP contribution in [-0.2, 0) is 0 Å². The van der Waals surface area contributed by atoms with E-state index in [0.29, 0.717) is 28.9 Å². The molecule has 3 aromatic rings. The van der Waals surface area contributed by atoms with E-state index in [9.17, 15) is 14.3 Å². The zero-order chi connectivity index (χ0) is 20.8. The summed E-state index contributed by atoms with van der Waals surface area (Å²) in [7, 11) is 0. The van der Waals surface area contributed by atoms with Gasteiger partial charge in [0.05, 0.1) is 12.6 Å². The van der Waals surface area contributed by atoms with Crippen molar-refractivity contribution in [2.75, 3.05) is 13.2 Å². The molecule has 0 spiro atoms. The lowest BCUT2D eigenvalue weighted by Crippen LogP contribution is -2.33. The quantitative estimate of drug-likeness (QED) is 0.517. The first-order valence-electron chi connectivity index (χ1n) is 9.35. The van der Waals surface area contributed by atoms with Gasteiger partial charge in [0, 0.05) is 17.7 Å². The van der Waals surface area contributed by atoms with Gasteiger partial charge in [0.2, 0.25) is 0 Å². The summed E-state index contributed by atoms with van der Waals surface area (Å²) in [6, 6.07) is 17.7. The van der Waals surface area contributed by atoms with Crippen LogP contribution in [0.4, 0.5) is 4.39 Å². The molecule has 0 aliphatic heterocycles. The van der Waals surface area contributed by atoms with E-state index >= 15 is 0 Å². The zero-order valence-corrected chi connectivity index (χ0v) is 17.3. The molecule has 1 amide bonds. The van der Waals surface area contributed by atoms with Crippen molar-refractivity contribution in [3.63, 3.8) is 0 Å². The van der Waals surface area contributed by atoms with Gasteiger partial charge in [0.1, 0.15) is 5.75 Å². The number of nitrogens with one attached hydrogen (secondary N) is 1. The number of phenols is 1. The standard InChI is InChI=1S/C23H23FN2O3.ClH/c1-2-29-21-11-5-10-19(22(21)24)15-6-3-8-17(12-15)23(28)26-20(14-25)16-7-4-9-18(27)13-16;/h3-13,20,27H,2,14,25H2,1H3,(H,26,28);1H. The summed E-state index contributed by atoms with van der Waals surface area (Å²) in [5.74, 6) is -0.535. The number of hydrogen-bond acceptors (Lipinski definition) is 4. The molecule has 3 aromatic carbocycles. The molecule has 5 nitrogen and oxygen atoms in total. The van der Waals surface area contributed by atoms with Crippen molar-refractivity contribution in [3.8, 4) is 22.6 Å². The summed E-state index contributed by atoms with van der Waals surface area (Å²) >= 11 is 0. The van der Waals surface area contributed by atoms with Gasteiger partial charge in [-0.25, -0.2) is 4.39 Å². The van der Waals surface area contributed by atoms with Crippen LogP contribution >= 0.6 is 12.4 Å². The van der Waals surface area contributed by atoms with Crippen LogP contribution in [0.3, 0.4) is 0 Å². The van der Waals surface area contributed by atoms with E-state index in [-0.39, 0.29) is 36.4 Å². The smallest absolute Gasteiger partial charge is 0.251 e. The van der Waals surface area contributed by atoms with E-state index in [4.69, 9.17) is 10.5 Å². The Morgan fingerprint density at radius 1 is 1.13 bits per heavy atom. The zero-order valence-electron chi connectivity index (χ0n) is 16.5. The fourth-order valence-corrected chi connectivity index (χ4v) is 3.09. The molecule has 1 atom stereocenters. The monoisotopic (exact) mass is 430 g/mol. The SMILES string of the molecule is CCOc1cccc(-c2cccc(C(=O)NC(CN)c3cccc(O)c3)c2)c1F.Cl. The normalized spacial score (nSPS) is 11.3. The first kappa shape index (κ1) is 23.2. The number of hydrogen-bond donors (Lipinski definition) is 3. The topological polar surface area (TPSA) is 84.6 Å². The van der Waals surface area contributed by atoms with Crippen molar-refractivity contribution in [2.24, 2.45) is 5.73 Å². The second-order valence-electron chi connectivity index (χ2n) is 6.49. The summed E-state index contributed by atoms with van der Waals surface area (Å²) in [5.41, 5.74) is 7.81. The molecular formula is C23H24ClFN2O3. The fraction of sp³-hybridized carbons (Fsp3) is 0.174. The Hall–Kier alpha value is -3.09. The largest absolute Gasteiger partial charge is 0.508 e. The molecule has 0 aliphatic rings. The Bertz CT molecular complexity index is 1010. The minimum absolute atomic E-state index is 0. The number of phenolic OH excluding ortho intramolecular Hbond substituents is 1. The molecule has 158 valence electrons. The first-order valence-corrected chi connectivity index (χ1v) is 9.35. The molecule has 0 bridgehead atoms. The number of benzene rings is 3. The van der Waals surface area contributed by atoms with Gasteiger partial charge in [-0.2, -0.15) is 0 Å². The summed E-state index contributed by atoms with van der Waals surface area (Å²) in [5, 5.41) is 12.5. The molecule has 0 heterocycles. The van der Waals surface area contributed by atoms with Crippen molar-refractivity contribution in [1.82, 2.24) is 5.32 Å². The maximum atomic E-state index is 14.7. The summed E-state index contributed by atoms with van der Waals surface area (Å²) in [6.07, 6.45) is 0. The average molecular weight is 431 g/mol. The van der Waals surface area contributed by atoms with Crippen molar-refractivity contribution in [1.29, 1.82) is 0 Å². The molecule has 0 radical (unpaired) electrons. The maximum absolute atomic E-state index is 14.7. The molecule has 1 unspecified atom stereocenters. The molecule has 7 heteroatoms. The van der Waals surface area contributed by atoms with Crippen LogP contribution in [0.25, 0.3) is 11.1 Å². The van der Waals surface area contributed by atoms with Gasteiger partial charge >= 0.3 is 0 Å². The maximum Gasteiger partial charge on any atom is 0.251 e. The third-order valence-corrected chi connectivity index (χ3v) is 4.51. The Morgan fingerprint density at radius 3 is 2.57 bits per heavy atom. The lowest BCUT2D eigenvalue weighted by Gasteiger charge is -2.18. The van der Waals surface area contributed by atoms with Crippen LogP contribution in [0.15, 0.2) is 66.7 Å². The number of carbonyl (C=O) groups is 1. The van der Waals surface area contributed by atoms with Crippen LogP contribution in [-0.4, -0.2) is 24.2 Å². The predicted molar refractivity (Wildman–Crippen MR) is 118 cm³/mol. The molecule has 0 saturated carbocycles. The van der Waals surface area contributed by atoms with Crippen molar-refractivity contribution >= 4 is 18.3 Å². The third kappa shape index (κ3) is 5.28. The van der Waals surface area contributed by atoms with Crippen molar-refractivity contribution < 1.29 is 19.0 Å². The first-order chi connectivity index (χ1) is 14.0. The molecule has 3 rings (SSSR count). The highest BCUT2D eigenvalue weighted by molar-refractivity contribution is 5.95. The highest BCUT2D eigenvalue weighted by Gasteiger charge is 2.17. The van der Waals surface area contributed by atoms with E-state index in [0.717, 1.165) is 0 Å². The number of carbonyl (C=O) groups excluding carboxylic acids is 1. The Balaban J connectivity index is 0.00000320. The van der Waals surface area contributed by atoms with Crippen LogP contribution in [0.1, 0.15) is 28.9 Å². The van der Waals surface area contributed by atoms with Crippen LogP contribution in [0.5, 0.6) is 11.5 Å². The van der Waals surface area contributed by atoms with Gasteiger partial charge in [-0.3, -0.25) is 4.79 Å². The molecular weight excluding hydrogens is 407 g/mol. The molecule has 0 fully saturated rings. The van der Waals surface area contributed by atoms with E-state index in [1.54, 1.807) is 73.7 Å². The number of aromatic hydroxyl groups is 1. The van der Waals surface area contributed by atoms with Crippen molar-refractivity contribution in [3.05, 3.63) is 83.7 Å². The van der Waals surface area contributed by atoms with Gasteiger partial charge < -0.3 is 20.9 Å². The number of halogens is 2. The molecule has 0 aromatic heterocycles. The van der Waals surface area contributed by atoms with Crippen LogP contribution < -0.4 is 15.8 Å². The van der Waals surface area contributed by atoms with E-state index < -0.39 is 11.9 Å². The van der Waals surface area contributed by atoms with E-state index in [2.05, 4.69) is 5.32 Å². The average Bonchev–Trinajstić information content (AvgIpc) is 2.73. The highest BCUT2D eigenvalue weighted by Crippen LogP contribution is 2.29.